The third kappa shape index (κ3) is 4.33. The summed E-state index contributed by atoms with van der Waals surface area (Å²) in [4.78, 5) is 13.3. The van der Waals surface area contributed by atoms with Gasteiger partial charge < -0.3 is 5.32 Å². The number of hydrogen-bond donors (Lipinski definition) is 1. The number of fused-ring (bicyclic) bond motifs is 1. The van der Waals surface area contributed by atoms with Crippen molar-refractivity contribution in [3.05, 3.63) is 65.7 Å². The van der Waals surface area contributed by atoms with Crippen molar-refractivity contribution >= 4 is 28.4 Å². The number of rotatable bonds is 4. The first-order valence-electron chi connectivity index (χ1n) is 8.79. The molecule has 0 aromatic heterocycles. The van der Waals surface area contributed by atoms with Gasteiger partial charge in [0.1, 0.15) is 0 Å². The molecule has 0 bridgehead atoms. The van der Waals surface area contributed by atoms with Crippen molar-refractivity contribution in [2.24, 2.45) is 0 Å². The predicted molar refractivity (Wildman–Crippen MR) is 109 cm³/mol. The lowest BCUT2D eigenvalue weighted by Gasteiger charge is -2.13. The molecule has 0 radical (unpaired) electrons. The quantitative estimate of drug-likeness (QED) is 0.512. The van der Waals surface area contributed by atoms with Gasteiger partial charge in [0.25, 0.3) is 5.91 Å². The molecule has 3 aromatic rings. The van der Waals surface area contributed by atoms with Gasteiger partial charge in [0, 0.05) is 16.5 Å². The summed E-state index contributed by atoms with van der Waals surface area (Å²) in [6.07, 6.45) is -2.42. The fourth-order valence-corrected chi connectivity index (χ4v) is 3.51. The Balaban J connectivity index is 2.10. The zero-order valence-electron chi connectivity index (χ0n) is 15.7. The van der Waals surface area contributed by atoms with E-state index in [1.807, 2.05) is 44.4 Å². The second-order valence-corrected chi connectivity index (χ2v) is 7.69. The van der Waals surface area contributed by atoms with Crippen LogP contribution in [0.15, 0.2) is 59.5 Å². The van der Waals surface area contributed by atoms with Crippen molar-refractivity contribution in [2.45, 2.75) is 31.0 Å². The number of nitrogens with one attached hydrogen (secondary N) is 1. The summed E-state index contributed by atoms with van der Waals surface area (Å²) in [5, 5.41) is 4.63. The second-order valence-electron chi connectivity index (χ2n) is 6.81. The minimum atomic E-state index is -4.36. The molecule has 3 aromatic carbocycles. The summed E-state index contributed by atoms with van der Waals surface area (Å²) in [6.45, 7) is 3.79. The molecule has 0 atom stereocenters. The van der Waals surface area contributed by atoms with Gasteiger partial charge in [0.05, 0.1) is 5.56 Å². The zero-order valence-corrected chi connectivity index (χ0v) is 16.5. The molecule has 0 aliphatic heterocycles. The number of alkyl halides is 3. The molecule has 0 spiro atoms. The smallest absolute Gasteiger partial charge is 0.350 e. The maximum absolute atomic E-state index is 12.9. The van der Waals surface area contributed by atoms with E-state index in [1.165, 1.54) is 12.1 Å². The van der Waals surface area contributed by atoms with E-state index < -0.39 is 11.7 Å². The van der Waals surface area contributed by atoms with Crippen LogP contribution in [0, 0.1) is 0 Å². The Morgan fingerprint density at radius 2 is 1.68 bits per heavy atom. The lowest BCUT2D eigenvalue weighted by molar-refractivity contribution is -0.137. The van der Waals surface area contributed by atoms with Gasteiger partial charge in [0.15, 0.2) is 0 Å². The molecule has 0 fully saturated rings. The summed E-state index contributed by atoms with van der Waals surface area (Å²) in [5.41, 5.74) is 1.42. The molecule has 3 rings (SSSR count). The van der Waals surface area contributed by atoms with Crippen molar-refractivity contribution in [2.75, 3.05) is 6.26 Å². The molecular formula is C22H20F3NOS. The Hall–Kier alpha value is -2.47. The fraction of sp³-hybridized carbons (Fsp3) is 0.227. The van der Waals surface area contributed by atoms with Crippen LogP contribution in [0.2, 0.25) is 0 Å². The van der Waals surface area contributed by atoms with Gasteiger partial charge in [-0.3, -0.25) is 4.79 Å². The number of carbonyl (C=O) groups is 1. The number of thioether (sulfide) groups is 1. The van der Waals surface area contributed by atoms with Gasteiger partial charge in [-0.15, -0.1) is 11.8 Å². The minimum Gasteiger partial charge on any atom is -0.350 e. The van der Waals surface area contributed by atoms with Crippen LogP contribution >= 0.6 is 11.8 Å². The first-order chi connectivity index (χ1) is 13.2. The maximum Gasteiger partial charge on any atom is 0.416 e. The van der Waals surface area contributed by atoms with Crippen LogP contribution in [0.4, 0.5) is 13.2 Å². The van der Waals surface area contributed by atoms with Gasteiger partial charge in [-0.25, -0.2) is 0 Å². The molecule has 28 heavy (non-hydrogen) atoms. The Morgan fingerprint density at radius 3 is 2.25 bits per heavy atom. The molecule has 2 nitrogen and oxygen atoms in total. The molecule has 0 saturated carbocycles. The highest BCUT2D eigenvalue weighted by molar-refractivity contribution is 7.98. The van der Waals surface area contributed by atoms with Crippen LogP contribution in [-0.4, -0.2) is 18.2 Å². The van der Waals surface area contributed by atoms with E-state index in [9.17, 15) is 18.0 Å². The highest BCUT2D eigenvalue weighted by Crippen LogP contribution is 2.36. The molecule has 0 saturated heterocycles. The second kappa shape index (κ2) is 7.87. The molecule has 1 amide bonds. The SMILES string of the molecule is CSc1cc(-c2ccc(C(F)(F)F)cc2)c2ccc(C(=O)NC(C)C)cc2c1. The molecule has 146 valence electrons. The van der Waals surface area contributed by atoms with Gasteiger partial charge in [0.2, 0.25) is 0 Å². The average Bonchev–Trinajstić information content (AvgIpc) is 2.65. The molecule has 0 aliphatic carbocycles. The van der Waals surface area contributed by atoms with E-state index >= 15 is 0 Å². The predicted octanol–water partition coefficient (Wildman–Crippen LogP) is 6.39. The largest absolute Gasteiger partial charge is 0.416 e. The molecule has 0 unspecified atom stereocenters. The van der Waals surface area contributed by atoms with Crippen LogP contribution < -0.4 is 5.32 Å². The Morgan fingerprint density at radius 1 is 1.00 bits per heavy atom. The van der Waals surface area contributed by atoms with E-state index in [1.54, 1.807) is 17.8 Å². The summed E-state index contributed by atoms with van der Waals surface area (Å²) >= 11 is 1.54. The lowest BCUT2D eigenvalue weighted by atomic mass is 9.96. The zero-order chi connectivity index (χ0) is 20.5. The summed E-state index contributed by atoms with van der Waals surface area (Å²) < 4.78 is 38.6. The highest BCUT2D eigenvalue weighted by atomic mass is 32.2. The number of amides is 1. The van der Waals surface area contributed by atoms with E-state index in [4.69, 9.17) is 0 Å². The van der Waals surface area contributed by atoms with E-state index in [2.05, 4.69) is 5.32 Å². The van der Waals surface area contributed by atoms with Crippen molar-refractivity contribution in [1.82, 2.24) is 5.32 Å². The van der Waals surface area contributed by atoms with Crippen molar-refractivity contribution in [1.29, 1.82) is 0 Å². The van der Waals surface area contributed by atoms with Crippen LogP contribution in [0.25, 0.3) is 21.9 Å². The van der Waals surface area contributed by atoms with Crippen LogP contribution in [0.5, 0.6) is 0 Å². The normalized spacial score (nSPS) is 11.8. The third-order valence-corrected chi connectivity index (χ3v) is 5.07. The van der Waals surface area contributed by atoms with E-state index in [0.717, 1.165) is 33.4 Å². The Bertz CT molecular complexity index is 1010. The molecule has 1 N–H and O–H groups in total. The monoisotopic (exact) mass is 403 g/mol. The summed E-state index contributed by atoms with van der Waals surface area (Å²) in [6, 6.07) is 14.6. The maximum atomic E-state index is 12.9. The van der Waals surface area contributed by atoms with E-state index in [0.29, 0.717) is 11.1 Å². The summed E-state index contributed by atoms with van der Waals surface area (Å²) in [5.74, 6) is -0.150. The molecule has 0 aliphatic rings. The van der Waals surface area contributed by atoms with Crippen molar-refractivity contribution in [3.63, 3.8) is 0 Å². The van der Waals surface area contributed by atoms with Crippen LogP contribution in [0.3, 0.4) is 0 Å². The molecule has 0 heterocycles. The van der Waals surface area contributed by atoms with E-state index in [-0.39, 0.29) is 11.9 Å². The minimum absolute atomic E-state index is 0.0310. The van der Waals surface area contributed by atoms with Crippen LogP contribution in [-0.2, 0) is 6.18 Å². The van der Waals surface area contributed by atoms with Gasteiger partial charge >= 0.3 is 6.18 Å². The highest BCUT2D eigenvalue weighted by Gasteiger charge is 2.30. The summed E-state index contributed by atoms with van der Waals surface area (Å²) in [7, 11) is 0. The third-order valence-electron chi connectivity index (χ3n) is 4.37. The van der Waals surface area contributed by atoms with Gasteiger partial charge in [-0.2, -0.15) is 13.2 Å². The average molecular weight is 403 g/mol. The van der Waals surface area contributed by atoms with Crippen molar-refractivity contribution < 1.29 is 18.0 Å². The number of halogens is 3. The fourth-order valence-electron chi connectivity index (χ4n) is 3.02. The standard InChI is InChI=1S/C22H20F3NOS/c1-13(2)26-21(27)15-6-9-19-16(10-15)11-18(28-3)12-20(19)14-4-7-17(8-5-14)22(23,24)25/h4-13H,1-3H3,(H,26,27). The number of carbonyl (C=O) groups excluding carboxylic acids is 1. The Labute approximate surface area is 166 Å². The van der Waals surface area contributed by atoms with Crippen molar-refractivity contribution in [3.8, 4) is 11.1 Å². The topological polar surface area (TPSA) is 29.1 Å². The number of benzene rings is 3. The first kappa shape index (κ1) is 20.3. The first-order valence-corrected chi connectivity index (χ1v) is 10.0. The van der Waals surface area contributed by atoms with Gasteiger partial charge in [-0.1, -0.05) is 18.2 Å². The number of hydrogen-bond acceptors (Lipinski definition) is 2. The molecular weight excluding hydrogens is 383 g/mol. The molecule has 6 heteroatoms. The van der Waals surface area contributed by atoms with Gasteiger partial charge in [-0.05, 0) is 78.4 Å². The Kier molecular flexibility index (Phi) is 5.70. The lowest BCUT2D eigenvalue weighted by Crippen LogP contribution is -2.29. The van der Waals surface area contributed by atoms with Crippen LogP contribution in [0.1, 0.15) is 29.8 Å².